The molecule has 158 valence electrons. The van der Waals surface area contributed by atoms with Crippen LogP contribution >= 0.6 is 0 Å². The fourth-order valence-electron chi connectivity index (χ4n) is 3.00. The maximum atomic E-state index is 13.4. The number of nitrogens with one attached hydrogen (secondary N) is 1. The Labute approximate surface area is 166 Å². The highest BCUT2D eigenvalue weighted by Crippen LogP contribution is 2.37. The summed E-state index contributed by atoms with van der Waals surface area (Å²) in [5.74, 6) is -8.47. The molecule has 1 aliphatic heterocycles. The summed E-state index contributed by atoms with van der Waals surface area (Å²) in [7, 11) is 2.82. The van der Waals surface area contributed by atoms with Gasteiger partial charge in [0, 0.05) is 20.1 Å². The average Bonchev–Trinajstić information content (AvgIpc) is 2.68. The number of methoxy groups -OCH3 is 2. The SMILES string of the molecule is COCCOC(=O)[C@H]1C(=O)NC(=O)[C@@H](C(=O)OCCOC)C1c1ccc(F)cc1. The number of carbonyl (C=O) groups is 4. The third kappa shape index (κ3) is 5.58. The van der Waals surface area contributed by atoms with E-state index in [4.69, 9.17) is 18.9 Å². The fraction of sp³-hybridized carbons (Fsp3) is 0.474. The van der Waals surface area contributed by atoms with Gasteiger partial charge in [-0.05, 0) is 17.7 Å². The van der Waals surface area contributed by atoms with Gasteiger partial charge in [-0.1, -0.05) is 12.1 Å². The van der Waals surface area contributed by atoms with Crippen molar-refractivity contribution >= 4 is 23.8 Å². The summed E-state index contributed by atoms with van der Waals surface area (Å²) in [6.45, 7) is -0.0380. The van der Waals surface area contributed by atoms with Crippen LogP contribution in [0.2, 0.25) is 0 Å². The standard InChI is InChI=1S/C19H22FNO8/c1-26-7-9-28-18(24)14-13(11-3-5-12(20)6-4-11)15(17(23)21-16(14)22)19(25)29-10-8-27-2/h3-6,13-15H,7-10H2,1-2H3,(H,21,22,23)/t13?,14-,15+. The first kappa shape index (κ1) is 22.4. The van der Waals surface area contributed by atoms with Gasteiger partial charge in [0.1, 0.15) is 30.9 Å². The van der Waals surface area contributed by atoms with Gasteiger partial charge in [-0.25, -0.2) is 4.39 Å². The van der Waals surface area contributed by atoms with E-state index in [0.29, 0.717) is 0 Å². The van der Waals surface area contributed by atoms with Crippen molar-refractivity contribution in [3.05, 3.63) is 35.6 Å². The Hall–Kier alpha value is -2.85. The van der Waals surface area contributed by atoms with Crippen molar-refractivity contribution in [2.75, 3.05) is 40.6 Å². The third-order valence-corrected chi connectivity index (χ3v) is 4.36. The predicted octanol–water partition coefficient (Wildman–Crippen LogP) is 0.177. The van der Waals surface area contributed by atoms with Crippen LogP contribution in [0, 0.1) is 17.7 Å². The van der Waals surface area contributed by atoms with Gasteiger partial charge in [0.15, 0.2) is 0 Å². The Morgan fingerprint density at radius 1 is 0.862 bits per heavy atom. The Kier molecular flexibility index (Phi) is 8.22. The molecule has 1 fully saturated rings. The maximum absolute atomic E-state index is 13.4. The van der Waals surface area contributed by atoms with E-state index in [9.17, 15) is 23.6 Å². The molecule has 0 aromatic heterocycles. The number of rotatable bonds is 9. The number of ether oxygens (including phenoxy) is 4. The molecule has 1 aromatic rings. The van der Waals surface area contributed by atoms with Gasteiger partial charge in [-0.15, -0.1) is 0 Å². The molecule has 0 saturated carbocycles. The van der Waals surface area contributed by atoms with E-state index in [1.165, 1.54) is 26.4 Å². The van der Waals surface area contributed by atoms with Crippen molar-refractivity contribution in [3.8, 4) is 0 Å². The molecule has 0 aliphatic carbocycles. The minimum atomic E-state index is -1.50. The normalized spacial score (nSPS) is 21.4. The first-order valence-corrected chi connectivity index (χ1v) is 8.82. The molecule has 1 saturated heterocycles. The number of carbonyl (C=O) groups excluding carboxylic acids is 4. The summed E-state index contributed by atoms with van der Waals surface area (Å²) in [5.41, 5.74) is 0.247. The minimum absolute atomic E-state index is 0.0999. The molecule has 10 heteroatoms. The van der Waals surface area contributed by atoms with E-state index in [-0.39, 0.29) is 32.0 Å². The molecule has 3 atom stereocenters. The Morgan fingerprint density at radius 3 is 1.72 bits per heavy atom. The third-order valence-electron chi connectivity index (χ3n) is 4.36. The first-order valence-electron chi connectivity index (χ1n) is 8.82. The van der Waals surface area contributed by atoms with Crippen LogP contribution < -0.4 is 5.32 Å². The minimum Gasteiger partial charge on any atom is -0.463 e. The summed E-state index contributed by atoms with van der Waals surface area (Å²) >= 11 is 0. The number of halogens is 1. The number of esters is 2. The van der Waals surface area contributed by atoms with Crippen LogP contribution in [-0.2, 0) is 38.1 Å². The molecule has 0 radical (unpaired) electrons. The lowest BCUT2D eigenvalue weighted by Gasteiger charge is -2.34. The maximum Gasteiger partial charge on any atom is 0.319 e. The van der Waals surface area contributed by atoms with Crippen molar-refractivity contribution in [3.63, 3.8) is 0 Å². The quantitative estimate of drug-likeness (QED) is 0.265. The van der Waals surface area contributed by atoms with E-state index in [1.807, 2.05) is 5.32 Å². The summed E-state index contributed by atoms with van der Waals surface area (Å²) in [5, 5.41) is 2.02. The fourth-order valence-corrected chi connectivity index (χ4v) is 3.00. The van der Waals surface area contributed by atoms with Crippen LogP contribution in [0.15, 0.2) is 24.3 Å². The molecule has 2 rings (SSSR count). The number of amides is 2. The zero-order chi connectivity index (χ0) is 21.4. The molecule has 0 spiro atoms. The van der Waals surface area contributed by atoms with E-state index in [1.54, 1.807) is 0 Å². The topological polar surface area (TPSA) is 117 Å². The van der Waals surface area contributed by atoms with Crippen LogP contribution in [0.1, 0.15) is 11.5 Å². The van der Waals surface area contributed by atoms with Gasteiger partial charge in [0.05, 0.1) is 13.2 Å². The Balaban J connectivity index is 2.39. The Bertz CT molecular complexity index is 711. The molecular formula is C19H22FNO8. The highest BCUT2D eigenvalue weighted by atomic mass is 19.1. The number of hydrogen-bond donors (Lipinski definition) is 1. The number of imide groups is 1. The monoisotopic (exact) mass is 411 g/mol. The van der Waals surface area contributed by atoms with Crippen molar-refractivity contribution in [2.24, 2.45) is 11.8 Å². The Morgan fingerprint density at radius 2 is 1.31 bits per heavy atom. The molecule has 9 nitrogen and oxygen atoms in total. The van der Waals surface area contributed by atoms with Crippen LogP contribution in [0.3, 0.4) is 0 Å². The molecular weight excluding hydrogens is 389 g/mol. The molecule has 1 aliphatic rings. The number of piperidine rings is 1. The zero-order valence-electron chi connectivity index (χ0n) is 16.0. The highest BCUT2D eigenvalue weighted by Gasteiger charge is 2.52. The molecule has 0 bridgehead atoms. The summed E-state index contributed by atoms with van der Waals surface area (Å²) in [4.78, 5) is 50.0. The van der Waals surface area contributed by atoms with E-state index in [0.717, 1.165) is 12.1 Å². The van der Waals surface area contributed by atoms with Crippen molar-refractivity contribution in [1.82, 2.24) is 5.32 Å². The van der Waals surface area contributed by atoms with E-state index in [2.05, 4.69) is 0 Å². The van der Waals surface area contributed by atoms with E-state index >= 15 is 0 Å². The van der Waals surface area contributed by atoms with Crippen LogP contribution in [0.5, 0.6) is 0 Å². The van der Waals surface area contributed by atoms with E-state index < -0.39 is 47.3 Å². The summed E-state index contributed by atoms with van der Waals surface area (Å²) < 4.78 is 33.1. The van der Waals surface area contributed by atoms with Crippen molar-refractivity contribution in [1.29, 1.82) is 0 Å². The second kappa shape index (κ2) is 10.6. The summed E-state index contributed by atoms with van der Waals surface area (Å²) in [6.07, 6.45) is 0. The zero-order valence-corrected chi connectivity index (χ0v) is 16.0. The predicted molar refractivity (Wildman–Crippen MR) is 94.9 cm³/mol. The van der Waals surface area contributed by atoms with Gasteiger partial charge in [0.25, 0.3) is 0 Å². The lowest BCUT2D eigenvalue weighted by molar-refractivity contribution is -0.164. The smallest absolute Gasteiger partial charge is 0.319 e. The van der Waals surface area contributed by atoms with Crippen molar-refractivity contribution in [2.45, 2.75) is 5.92 Å². The van der Waals surface area contributed by atoms with Crippen LogP contribution in [0.4, 0.5) is 4.39 Å². The van der Waals surface area contributed by atoms with Gasteiger partial charge in [-0.2, -0.15) is 0 Å². The average molecular weight is 411 g/mol. The lowest BCUT2D eigenvalue weighted by Crippen LogP contribution is -2.56. The largest absolute Gasteiger partial charge is 0.463 e. The van der Waals surface area contributed by atoms with Crippen molar-refractivity contribution < 1.29 is 42.5 Å². The molecule has 1 aromatic carbocycles. The summed E-state index contributed by atoms with van der Waals surface area (Å²) in [6, 6.07) is 4.81. The number of benzene rings is 1. The second-order valence-electron chi connectivity index (χ2n) is 6.21. The molecule has 29 heavy (non-hydrogen) atoms. The lowest BCUT2D eigenvalue weighted by atomic mass is 9.73. The molecule has 1 unspecified atom stereocenters. The molecule has 2 amide bonds. The molecule has 1 N–H and O–H groups in total. The van der Waals surface area contributed by atoms with Gasteiger partial charge < -0.3 is 18.9 Å². The van der Waals surface area contributed by atoms with Crippen LogP contribution in [0.25, 0.3) is 0 Å². The first-order chi connectivity index (χ1) is 13.9. The highest BCUT2D eigenvalue weighted by molar-refractivity contribution is 6.14. The second-order valence-corrected chi connectivity index (χ2v) is 6.21. The van der Waals surface area contributed by atoms with Crippen LogP contribution in [-0.4, -0.2) is 64.4 Å². The van der Waals surface area contributed by atoms with Gasteiger partial charge in [0.2, 0.25) is 11.8 Å². The molecule has 1 heterocycles. The van der Waals surface area contributed by atoms with Gasteiger partial charge in [-0.3, -0.25) is 24.5 Å². The van der Waals surface area contributed by atoms with Gasteiger partial charge >= 0.3 is 11.9 Å². The number of hydrogen-bond acceptors (Lipinski definition) is 8.